The minimum Gasteiger partial charge on any atom is -0.507 e. The number of ketones is 1. The lowest BCUT2D eigenvalue weighted by atomic mass is 9.95. The zero-order valence-electron chi connectivity index (χ0n) is 18.6. The zero-order chi connectivity index (χ0) is 24.7. The molecule has 3 aromatic rings. The SMILES string of the molecule is COc1ccc(/C(O)=C2\C(=O)C(=O)N(c3ccc(C)c(C)c3)C2c2ccc(O)c(Cl)c2)cc1Br. The number of amides is 1. The number of benzene rings is 3. The first-order chi connectivity index (χ1) is 16.1. The normalized spacial score (nSPS) is 17.3. The third-order valence-corrected chi connectivity index (χ3v) is 6.85. The summed E-state index contributed by atoms with van der Waals surface area (Å²) < 4.78 is 5.82. The molecule has 8 heteroatoms. The van der Waals surface area contributed by atoms with Crippen molar-refractivity contribution in [3.63, 3.8) is 0 Å². The van der Waals surface area contributed by atoms with Gasteiger partial charge in [0.2, 0.25) is 0 Å². The molecular formula is C26H21BrClNO5. The predicted molar refractivity (Wildman–Crippen MR) is 135 cm³/mol. The van der Waals surface area contributed by atoms with Crippen molar-refractivity contribution in [2.24, 2.45) is 0 Å². The number of ether oxygens (including phenoxy) is 1. The molecule has 1 amide bonds. The van der Waals surface area contributed by atoms with E-state index in [-0.39, 0.29) is 22.1 Å². The minimum atomic E-state index is -0.957. The number of nitrogens with zero attached hydrogens (tertiary/aromatic N) is 1. The molecule has 174 valence electrons. The fourth-order valence-electron chi connectivity index (χ4n) is 3.95. The Kier molecular flexibility index (Phi) is 6.43. The van der Waals surface area contributed by atoms with Gasteiger partial charge in [-0.2, -0.15) is 0 Å². The molecule has 1 unspecified atom stereocenters. The molecule has 0 spiro atoms. The lowest BCUT2D eigenvalue weighted by Crippen LogP contribution is -2.29. The Balaban J connectivity index is 1.97. The van der Waals surface area contributed by atoms with Crippen LogP contribution in [0.5, 0.6) is 11.5 Å². The number of hydrogen-bond acceptors (Lipinski definition) is 5. The summed E-state index contributed by atoms with van der Waals surface area (Å²) in [5, 5.41) is 21.2. The van der Waals surface area contributed by atoms with Gasteiger partial charge in [0.1, 0.15) is 17.3 Å². The van der Waals surface area contributed by atoms with Gasteiger partial charge in [0.05, 0.1) is 28.2 Å². The average molecular weight is 543 g/mol. The van der Waals surface area contributed by atoms with Crippen molar-refractivity contribution < 1.29 is 24.5 Å². The van der Waals surface area contributed by atoms with E-state index in [0.717, 1.165) is 11.1 Å². The van der Waals surface area contributed by atoms with E-state index in [4.69, 9.17) is 16.3 Å². The summed E-state index contributed by atoms with van der Waals surface area (Å²) in [5.74, 6) is -1.51. The van der Waals surface area contributed by atoms with Crippen LogP contribution in [0, 0.1) is 13.8 Å². The average Bonchev–Trinajstić information content (AvgIpc) is 3.07. The first kappa shape index (κ1) is 23.9. The number of carbonyl (C=O) groups excluding carboxylic acids is 2. The van der Waals surface area contributed by atoms with Crippen LogP contribution < -0.4 is 9.64 Å². The molecule has 1 fully saturated rings. The van der Waals surface area contributed by atoms with E-state index in [2.05, 4.69) is 15.9 Å². The van der Waals surface area contributed by atoms with Gasteiger partial charge in [-0.25, -0.2) is 0 Å². The van der Waals surface area contributed by atoms with Crippen LogP contribution in [0.1, 0.15) is 28.3 Å². The van der Waals surface area contributed by atoms with Crippen LogP contribution in [0.15, 0.2) is 64.6 Å². The van der Waals surface area contributed by atoms with E-state index in [1.807, 2.05) is 26.0 Å². The Bertz CT molecular complexity index is 1370. The standard InChI is InChI=1S/C26H21BrClNO5/c1-13-4-7-17(10-14(13)2)29-23(15-5-8-20(30)19(28)12-15)22(25(32)26(29)33)24(31)16-6-9-21(34-3)18(27)11-16/h4-12,23,30-31H,1-3H3/b24-22+. The monoisotopic (exact) mass is 541 g/mol. The highest BCUT2D eigenvalue weighted by Gasteiger charge is 2.47. The Morgan fingerprint density at radius 2 is 1.76 bits per heavy atom. The summed E-state index contributed by atoms with van der Waals surface area (Å²) in [5.41, 5.74) is 3.21. The van der Waals surface area contributed by atoms with Crippen LogP contribution in [0.2, 0.25) is 5.02 Å². The third kappa shape index (κ3) is 4.06. The Morgan fingerprint density at radius 3 is 2.38 bits per heavy atom. The highest BCUT2D eigenvalue weighted by Crippen LogP contribution is 2.44. The number of rotatable bonds is 4. The topological polar surface area (TPSA) is 87.1 Å². The fourth-order valence-corrected chi connectivity index (χ4v) is 4.68. The number of Topliss-reactive ketones (excluding diaryl/α,β-unsaturated/α-hetero) is 1. The second-order valence-corrected chi connectivity index (χ2v) is 9.26. The van der Waals surface area contributed by atoms with Crippen LogP contribution in [-0.4, -0.2) is 29.0 Å². The Hall–Kier alpha value is -3.29. The number of phenolic OH excluding ortho intramolecular Hbond substituents is 1. The number of carbonyl (C=O) groups is 2. The summed E-state index contributed by atoms with van der Waals surface area (Å²) in [6, 6.07) is 13.8. The van der Waals surface area contributed by atoms with Gasteiger partial charge in [0, 0.05) is 11.3 Å². The molecule has 2 N–H and O–H groups in total. The number of aryl methyl sites for hydroxylation is 2. The molecule has 0 bridgehead atoms. The van der Waals surface area contributed by atoms with Crippen molar-refractivity contribution in [2.75, 3.05) is 12.0 Å². The van der Waals surface area contributed by atoms with Gasteiger partial charge in [-0.3, -0.25) is 14.5 Å². The van der Waals surface area contributed by atoms with Gasteiger partial charge in [-0.1, -0.05) is 23.7 Å². The van der Waals surface area contributed by atoms with Crippen LogP contribution in [0.4, 0.5) is 5.69 Å². The molecule has 1 atom stereocenters. The van der Waals surface area contributed by atoms with Gasteiger partial charge in [0.25, 0.3) is 11.7 Å². The van der Waals surface area contributed by atoms with Crippen LogP contribution >= 0.6 is 27.5 Å². The molecule has 0 radical (unpaired) electrons. The summed E-state index contributed by atoms with van der Waals surface area (Å²) >= 11 is 9.55. The van der Waals surface area contributed by atoms with Gasteiger partial charge in [0.15, 0.2) is 0 Å². The van der Waals surface area contributed by atoms with Crippen molar-refractivity contribution in [1.82, 2.24) is 0 Å². The fraction of sp³-hybridized carbons (Fsp3) is 0.154. The summed E-state index contributed by atoms with van der Waals surface area (Å²) in [6.07, 6.45) is 0. The smallest absolute Gasteiger partial charge is 0.300 e. The van der Waals surface area contributed by atoms with E-state index in [1.54, 1.807) is 30.3 Å². The van der Waals surface area contributed by atoms with E-state index in [0.29, 0.717) is 27.0 Å². The van der Waals surface area contributed by atoms with Crippen molar-refractivity contribution in [3.8, 4) is 11.5 Å². The molecule has 4 rings (SSSR count). The van der Waals surface area contributed by atoms with Crippen LogP contribution in [-0.2, 0) is 9.59 Å². The number of anilines is 1. The maximum atomic E-state index is 13.3. The highest BCUT2D eigenvalue weighted by atomic mass is 79.9. The number of hydrogen-bond donors (Lipinski definition) is 2. The molecule has 34 heavy (non-hydrogen) atoms. The molecule has 1 saturated heterocycles. The third-order valence-electron chi connectivity index (χ3n) is 5.93. The largest absolute Gasteiger partial charge is 0.507 e. The molecule has 1 aliphatic heterocycles. The number of halogens is 2. The number of methoxy groups -OCH3 is 1. The molecule has 0 saturated carbocycles. The minimum absolute atomic E-state index is 0.0652. The first-order valence-electron chi connectivity index (χ1n) is 10.3. The number of phenols is 1. The van der Waals surface area contributed by atoms with Gasteiger partial charge in [-0.05, 0) is 88.9 Å². The van der Waals surface area contributed by atoms with Crippen molar-refractivity contribution in [2.45, 2.75) is 19.9 Å². The van der Waals surface area contributed by atoms with Gasteiger partial charge in [-0.15, -0.1) is 0 Å². The maximum Gasteiger partial charge on any atom is 0.300 e. The van der Waals surface area contributed by atoms with Crippen molar-refractivity contribution in [3.05, 3.63) is 91.9 Å². The van der Waals surface area contributed by atoms with E-state index < -0.39 is 17.7 Å². The molecule has 0 aliphatic carbocycles. The van der Waals surface area contributed by atoms with E-state index >= 15 is 0 Å². The molecule has 1 heterocycles. The predicted octanol–water partition coefficient (Wildman–Crippen LogP) is 6.06. The van der Waals surface area contributed by atoms with Gasteiger partial charge >= 0.3 is 0 Å². The number of aliphatic hydroxyl groups excluding tert-OH is 1. The first-order valence-corrected chi connectivity index (χ1v) is 11.5. The van der Waals surface area contributed by atoms with Crippen LogP contribution in [0.25, 0.3) is 5.76 Å². The molecular weight excluding hydrogens is 522 g/mol. The van der Waals surface area contributed by atoms with Crippen molar-refractivity contribution in [1.29, 1.82) is 0 Å². The number of aromatic hydroxyl groups is 1. The van der Waals surface area contributed by atoms with Gasteiger partial charge < -0.3 is 14.9 Å². The highest BCUT2D eigenvalue weighted by molar-refractivity contribution is 9.10. The lowest BCUT2D eigenvalue weighted by Gasteiger charge is -2.26. The maximum absolute atomic E-state index is 13.3. The summed E-state index contributed by atoms with van der Waals surface area (Å²) in [7, 11) is 1.52. The zero-order valence-corrected chi connectivity index (χ0v) is 20.9. The Labute approximate surface area is 210 Å². The second-order valence-electron chi connectivity index (χ2n) is 8.00. The molecule has 3 aromatic carbocycles. The van der Waals surface area contributed by atoms with Crippen LogP contribution in [0.3, 0.4) is 0 Å². The quantitative estimate of drug-likeness (QED) is 0.238. The summed E-state index contributed by atoms with van der Waals surface area (Å²) in [6.45, 7) is 3.86. The molecule has 6 nitrogen and oxygen atoms in total. The number of aliphatic hydroxyl groups is 1. The Morgan fingerprint density at radius 1 is 1.03 bits per heavy atom. The van der Waals surface area contributed by atoms with E-state index in [9.17, 15) is 19.8 Å². The molecule has 0 aromatic heterocycles. The van der Waals surface area contributed by atoms with Crippen molar-refractivity contribution >= 4 is 50.7 Å². The molecule has 1 aliphatic rings. The lowest BCUT2D eigenvalue weighted by molar-refractivity contribution is -0.132. The van der Waals surface area contributed by atoms with E-state index in [1.165, 1.54) is 24.1 Å². The second kappa shape index (κ2) is 9.16. The summed E-state index contributed by atoms with van der Waals surface area (Å²) in [4.78, 5) is 27.9.